The van der Waals surface area contributed by atoms with E-state index in [0.29, 0.717) is 6.07 Å². The Morgan fingerprint density at radius 3 is 2.63 bits per heavy atom. The van der Waals surface area contributed by atoms with E-state index in [1.54, 1.807) is 20.2 Å². The highest BCUT2D eigenvalue weighted by atomic mass is 32.2. The Labute approximate surface area is 174 Å². The lowest BCUT2D eigenvalue weighted by molar-refractivity contribution is -0.137. The van der Waals surface area contributed by atoms with Gasteiger partial charge in [-0.15, -0.1) is 0 Å². The first-order valence-electron chi connectivity index (χ1n) is 9.71. The first-order chi connectivity index (χ1) is 13.9. The average Bonchev–Trinajstić information content (AvgIpc) is 2.69. The lowest BCUT2D eigenvalue weighted by atomic mass is 9.86. The molecule has 0 aliphatic carbocycles. The third-order valence-corrected chi connectivity index (χ3v) is 8.75. The van der Waals surface area contributed by atoms with Crippen molar-refractivity contribution in [1.82, 2.24) is 0 Å². The molecule has 1 saturated heterocycles. The number of benzene rings is 1. The Kier molecular flexibility index (Phi) is 6.19. The molecular weight excluding hydrogens is 419 g/mol. The second-order valence-electron chi connectivity index (χ2n) is 8.12. The van der Waals surface area contributed by atoms with Gasteiger partial charge in [-0.2, -0.15) is 13.2 Å². The van der Waals surface area contributed by atoms with Crippen molar-refractivity contribution < 1.29 is 31.1 Å². The summed E-state index contributed by atoms with van der Waals surface area (Å²) in [6, 6.07) is 3.93. The number of methoxy groups -OCH3 is 1. The molecule has 0 amide bonds. The van der Waals surface area contributed by atoms with Crippen molar-refractivity contribution in [2.24, 2.45) is 10.9 Å². The number of ether oxygens (including phenoxy) is 2. The normalized spacial score (nSPS) is 30.6. The zero-order valence-electron chi connectivity index (χ0n) is 17.4. The summed E-state index contributed by atoms with van der Waals surface area (Å²) in [4.78, 5) is 4.06. The molecule has 1 aromatic carbocycles. The Balaban J connectivity index is 1.93. The van der Waals surface area contributed by atoms with Crippen molar-refractivity contribution in [2.45, 2.75) is 61.8 Å². The van der Waals surface area contributed by atoms with E-state index in [4.69, 9.17) is 9.47 Å². The van der Waals surface area contributed by atoms with Crippen LogP contribution in [0, 0.1) is 5.92 Å². The van der Waals surface area contributed by atoms with Crippen molar-refractivity contribution in [3.05, 3.63) is 41.0 Å². The molecule has 9 heteroatoms. The van der Waals surface area contributed by atoms with Gasteiger partial charge in [0, 0.05) is 25.8 Å². The number of aliphatic imine (C=N–C) groups is 1. The van der Waals surface area contributed by atoms with E-state index >= 15 is 0 Å². The molecule has 2 heterocycles. The monoisotopic (exact) mass is 445 g/mol. The minimum absolute atomic E-state index is 0.00635. The topological polar surface area (TPSA) is 65.0 Å². The quantitative estimate of drug-likeness (QED) is 0.688. The van der Waals surface area contributed by atoms with Crippen molar-refractivity contribution >= 4 is 16.1 Å². The highest BCUT2D eigenvalue weighted by Crippen LogP contribution is 2.41. The summed E-state index contributed by atoms with van der Waals surface area (Å²) in [7, 11) is -2.46. The first kappa shape index (κ1) is 23.0. The molecule has 0 aromatic heterocycles. The van der Waals surface area contributed by atoms with Crippen molar-refractivity contribution in [3.8, 4) is 0 Å². The van der Waals surface area contributed by atoms with Crippen LogP contribution in [0.3, 0.4) is 0 Å². The molecule has 0 saturated carbocycles. The molecule has 4 atom stereocenters. The molecule has 0 bridgehead atoms. The second kappa shape index (κ2) is 8.09. The zero-order chi connectivity index (χ0) is 22.3. The van der Waals surface area contributed by atoms with Crippen molar-refractivity contribution in [3.63, 3.8) is 0 Å². The maximum atomic E-state index is 13.4. The summed E-state index contributed by atoms with van der Waals surface area (Å²) in [5, 5.41) is 0. The van der Waals surface area contributed by atoms with Crippen LogP contribution in [0.4, 0.5) is 13.2 Å². The van der Waals surface area contributed by atoms with Gasteiger partial charge in [0.2, 0.25) is 0 Å². The molecule has 3 rings (SSSR count). The molecule has 2 aliphatic rings. The van der Waals surface area contributed by atoms with Crippen LogP contribution < -0.4 is 0 Å². The number of halogens is 3. The fourth-order valence-electron chi connectivity index (χ4n) is 4.00. The Bertz CT molecular complexity index is 971. The Morgan fingerprint density at radius 1 is 1.30 bits per heavy atom. The van der Waals surface area contributed by atoms with Gasteiger partial charge in [-0.1, -0.05) is 18.6 Å². The van der Waals surface area contributed by atoms with E-state index in [-0.39, 0.29) is 36.5 Å². The van der Waals surface area contributed by atoms with Gasteiger partial charge in [-0.05, 0) is 50.5 Å². The molecule has 30 heavy (non-hydrogen) atoms. The maximum absolute atomic E-state index is 13.4. The van der Waals surface area contributed by atoms with Gasteiger partial charge in [0.1, 0.15) is 0 Å². The molecule has 0 spiro atoms. The summed E-state index contributed by atoms with van der Waals surface area (Å²) >= 11 is 0. The molecule has 2 aliphatic heterocycles. The van der Waals surface area contributed by atoms with Crippen LogP contribution in [0.25, 0.3) is 0 Å². The van der Waals surface area contributed by atoms with Gasteiger partial charge < -0.3 is 9.47 Å². The highest BCUT2D eigenvalue weighted by Gasteiger charge is 2.46. The standard InChI is InChI=1S/C21H26F3NO4S/c1-13-14(2)19(28-4)25-12-17(13)18-11-20(3,8-9-29-18)30(26,27)16-7-5-6-15(10-16)21(22,23)24/h5-7,10,12,14,18-19H,8-9,11H2,1-4H3. The third-order valence-electron chi connectivity index (χ3n) is 6.20. The minimum Gasteiger partial charge on any atom is -0.373 e. The number of dihydropyridines is 1. The van der Waals surface area contributed by atoms with Crippen LogP contribution in [0.2, 0.25) is 0 Å². The van der Waals surface area contributed by atoms with Crippen LogP contribution in [-0.2, 0) is 25.5 Å². The van der Waals surface area contributed by atoms with E-state index in [1.165, 1.54) is 6.07 Å². The minimum atomic E-state index is -4.61. The summed E-state index contributed by atoms with van der Waals surface area (Å²) < 4.78 is 76.0. The zero-order valence-corrected chi connectivity index (χ0v) is 18.2. The van der Waals surface area contributed by atoms with E-state index in [0.717, 1.165) is 23.3 Å². The number of rotatable bonds is 4. The van der Waals surface area contributed by atoms with Crippen LogP contribution in [0.5, 0.6) is 0 Å². The fraction of sp³-hybridized carbons (Fsp3) is 0.571. The lowest BCUT2D eigenvalue weighted by Crippen LogP contribution is -2.46. The number of hydrogen-bond donors (Lipinski definition) is 0. The summed E-state index contributed by atoms with van der Waals surface area (Å²) in [6.07, 6.45) is -3.43. The highest BCUT2D eigenvalue weighted by molar-refractivity contribution is 7.92. The molecule has 0 radical (unpaired) electrons. The van der Waals surface area contributed by atoms with Crippen LogP contribution in [0.1, 0.15) is 39.2 Å². The van der Waals surface area contributed by atoms with Crippen molar-refractivity contribution in [1.29, 1.82) is 0 Å². The SMILES string of the molecule is COC1N=CC(C2CC(C)(S(=O)(=O)c3cccc(C(F)(F)F)c3)CCO2)=C(C)C1C. The molecular formula is C21H26F3NO4S. The van der Waals surface area contributed by atoms with Gasteiger partial charge in [0.05, 0.1) is 21.3 Å². The predicted octanol–water partition coefficient (Wildman–Crippen LogP) is 4.43. The van der Waals surface area contributed by atoms with E-state index < -0.39 is 32.4 Å². The third kappa shape index (κ3) is 4.07. The van der Waals surface area contributed by atoms with Crippen LogP contribution in [0.15, 0.2) is 45.3 Å². The lowest BCUT2D eigenvalue weighted by Gasteiger charge is -2.39. The number of hydrogen-bond acceptors (Lipinski definition) is 5. The Hall–Kier alpha value is -1.71. The summed E-state index contributed by atoms with van der Waals surface area (Å²) in [5.74, 6) is 0.00635. The second-order valence-corrected chi connectivity index (χ2v) is 10.6. The largest absolute Gasteiger partial charge is 0.416 e. The summed E-state index contributed by atoms with van der Waals surface area (Å²) in [6.45, 7) is 5.68. The van der Waals surface area contributed by atoms with Gasteiger partial charge in [0.25, 0.3) is 0 Å². The number of alkyl halides is 3. The molecule has 5 nitrogen and oxygen atoms in total. The predicted molar refractivity (Wildman–Crippen MR) is 107 cm³/mol. The van der Waals surface area contributed by atoms with E-state index in [9.17, 15) is 21.6 Å². The van der Waals surface area contributed by atoms with E-state index in [1.807, 2.05) is 13.8 Å². The molecule has 166 valence electrons. The van der Waals surface area contributed by atoms with Crippen molar-refractivity contribution in [2.75, 3.05) is 13.7 Å². The van der Waals surface area contributed by atoms with Gasteiger partial charge in [-0.25, -0.2) is 8.42 Å². The Morgan fingerprint density at radius 2 is 2.00 bits per heavy atom. The maximum Gasteiger partial charge on any atom is 0.416 e. The van der Waals surface area contributed by atoms with E-state index in [2.05, 4.69) is 4.99 Å². The molecule has 0 N–H and O–H groups in total. The van der Waals surface area contributed by atoms with Crippen LogP contribution >= 0.6 is 0 Å². The number of nitrogens with zero attached hydrogens (tertiary/aromatic N) is 1. The molecule has 4 unspecified atom stereocenters. The molecule has 1 aromatic rings. The average molecular weight is 446 g/mol. The fourth-order valence-corrected chi connectivity index (χ4v) is 5.83. The summed E-state index contributed by atoms with van der Waals surface area (Å²) in [5.41, 5.74) is 0.830. The van der Waals surface area contributed by atoms with Gasteiger partial charge in [-0.3, -0.25) is 4.99 Å². The number of sulfone groups is 1. The molecule has 1 fully saturated rings. The van der Waals surface area contributed by atoms with Gasteiger partial charge >= 0.3 is 6.18 Å². The van der Waals surface area contributed by atoms with Gasteiger partial charge in [0.15, 0.2) is 16.1 Å². The first-order valence-corrected chi connectivity index (χ1v) is 11.2. The van der Waals surface area contributed by atoms with Crippen LogP contribution in [-0.4, -0.2) is 45.4 Å². The smallest absolute Gasteiger partial charge is 0.373 e.